The molecule has 10 heteroatoms. The Morgan fingerprint density at radius 3 is 2.46 bits per heavy atom. The minimum atomic E-state index is -0.727. The number of hydrogen-bond acceptors (Lipinski definition) is 7. The molecule has 1 aliphatic rings. The third-order valence-electron chi connectivity index (χ3n) is 6.12. The number of anilines is 1. The highest BCUT2D eigenvalue weighted by atomic mass is 32.2. The van der Waals surface area contributed by atoms with E-state index in [-0.39, 0.29) is 17.9 Å². The predicted molar refractivity (Wildman–Crippen MR) is 154 cm³/mol. The second kappa shape index (κ2) is 14.3. The number of nitrogens with zero attached hydrogens (tertiary/aromatic N) is 3. The molecule has 1 aliphatic heterocycles. The van der Waals surface area contributed by atoms with Gasteiger partial charge in [-0.2, -0.15) is 0 Å². The van der Waals surface area contributed by atoms with Crippen molar-refractivity contribution in [3.05, 3.63) is 45.2 Å². The second-order valence-electron chi connectivity index (χ2n) is 9.69. The highest BCUT2D eigenvalue weighted by Crippen LogP contribution is 2.33. The zero-order valence-electron chi connectivity index (χ0n) is 21.6. The van der Waals surface area contributed by atoms with E-state index in [9.17, 15) is 14.4 Å². The third-order valence-corrected chi connectivity index (χ3v) is 7.50. The van der Waals surface area contributed by atoms with Gasteiger partial charge in [0, 0.05) is 25.7 Å². The zero-order valence-corrected chi connectivity index (χ0v) is 23.2. The van der Waals surface area contributed by atoms with Gasteiger partial charge in [0.25, 0.3) is 11.5 Å². The minimum Gasteiger partial charge on any atom is -0.481 e. The Kier molecular flexibility index (Phi) is 11.1. The fourth-order valence-electron chi connectivity index (χ4n) is 4.10. The van der Waals surface area contributed by atoms with Crippen LogP contribution in [0, 0.1) is 5.92 Å². The molecule has 3 heterocycles. The molecule has 0 aromatic carbocycles. The molecule has 2 N–H and O–H groups in total. The molecule has 0 aliphatic carbocycles. The lowest BCUT2D eigenvalue weighted by Crippen LogP contribution is -2.29. The lowest BCUT2D eigenvalue weighted by Gasteiger charge is -2.14. The Balaban J connectivity index is 1.59. The number of carboxylic acids is 1. The SMILES string of the molecule is CC(C)CNc1nc2ccccn2c(=O)c1C=C1SC(=S)N(CCCCCCCCCCC(=O)O)C1=O. The summed E-state index contributed by atoms with van der Waals surface area (Å²) < 4.78 is 2.00. The number of carbonyl (C=O) groups excluding carboxylic acids is 1. The number of aromatic nitrogens is 2. The second-order valence-corrected chi connectivity index (χ2v) is 11.4. The van der Waals surface area contributed by atoms with Gasteiger partial charge in [0.05, 0.1) is 10.5 Å². The highest BCUT2D eigenvalue weighted by molar-refractivity contribution is 8.26. The third kappa shape index (κ3) is 8.39. The summed E-state index contributed by atoms with van der Waals surface area (Å²) in [5.41, 5.74) is 0.669. The van der Waals surface area contributed by atoms with Crippen molar-refractivity contribution in [2.45, 2.75) is 71.6 Å². The number of carbonyl (C=O) groups is 2. The number of amides is 1. The van der Waals surface area contributed by atoms with Gasteiger partial charge in [-0.3, -0.25) is 23.7 Å². The van der Waals surface area contributed by atoms with E-state index in [1.54, 1.807) is 29.3 Å². The zero-order chi connectivity index (χ0) is 26.8. The molecule has 2 aromatic rings. The monoisotopic (exact) mass is 544 g/mol. The summed E-state index contributed by atoms with van der Waals surface area (Å²) >= 11 is 6.72. The van der Waals surface area contributed by atoms with E-state index in [1.807, 2.05) is 6.07 Å². The molecular formula is C27H36N4O4S2. The van der Waals surface area contributed by atoms with Crippen molar-refractivity contribution in [3.8, 4) is 0 Å². The van der Waals surface area contributed by atoms with Gasteiger partial charge in [-0.25, -0.2) is 4.98 Å². The molecule has 0 unspecified atom stereocenters. The van der Waals surface area contributed by atoms with Gasteiger partial charge in [-0.15, -0.1) is 0 Å². The van der Waals surface area contributed by atoms with Crippen molar-refractivity contribution in [2.24, 2.45) is 5.92 Å². The lowest BCUT2D eigenvalue weighted by molar-refractivity contribution is -0.137. The normalized spacial score (nSPS) is 14.9. The van der Waals surface area contributed by atoms with Crippen LogP contribution < -0.4 is 10.9 Å². The van der Waals surface area contributed by atoms with Gasteiger partial charge in [-0.1, -0.05) is 82.4 Å². The van der Waals surface area contributed by atoms with E-state index >= 15 is 0 Å². The van der Waals surface area contributed by atoms with Gasteiger partial charge >= 0.3 is 5.97 Å². The van der Waals surface area contributed by atoms with Gasteiger partial charge in [0.2, 0.25) is 0 Å². The standard InChI is InChI=1S/C27H36N4O4S2/c1-19(2)18-28-24-20(25(34)30-15-12-10-13-22(30)29-24)17-21-26(35)31(27(36)37-21)16-11-8-6-4-3-5-7-9-14-23(32)33/h10,12-13,15,17,19,28H,3-9,11,14,16,18H2,1-2H3,(H,32,33). The van der Waals surface area contributed by atoms with Crippen LogP contribution in [0.3, 0.4) is 0 Å². The maximum absolute atomic E-state index is 13.3. The van der Waals surface area contributed by atoms with Gasteiger partial charge in [0.15, 0.2) is 0 Å². The number of unbranched alkanes of at least 4 members (excludes halogenated alkanes) is 7. The van der Waals surface area contributed by atoms with Crippen molar-refractivity contribution >= 4 is 57.7 Å². The van der Waals surface area contributed by atoms with Crippen LogP contribution in [0.5, 0.6) is 0 Å². The fourth-order valence-corrected chi connectivity index (χ4v) is 5.39. The Labute approximate surface area is 227 Å². The smallest absolute Gasteiger partial charge is 0.303 e. The predicted octanol–water partition coefficient (Wildman–Crippen LogP) is 5.56. The van der Waals surface area contributed by atoms with Gasteiger partial charge < -0.3 is 10.4 Å². The van der Waals surface area contributed by atoms with Crippen molar-refractivity contribution in [1.82, 2.24) is 14.3 Å². The maximum Gasteiger partial charge on any atom is 0.303 e. The molecule has 0 saturated carbocycles. The number of fused-ring (bicyclic) bond motifs is 1. The number of carboxylic acid groups (broad SMARTS) is 1. The van der Waals surface area contributed by atoms with Crippen LogP contribution in [0.2, 0.25) is 0 Å². The maximum atomic E-state index is 13.3. The van der Waals surface area contributed by atoms with Crippen LogP contribution in [0.4, 0.5) is 5.82 Å². The van der Waals surface area contributed by atoms with Crippen LogP contribution in [-0.4, -0.2) is 48.7 Å². The summed E-state index contributed by atoms with van der Waals surface area (Å²) in [5.74, 6) is -0.0620. The average Bonchev–Trinajstić information content (AvgIpc) is 3.12. The Bertz CT molecular complexity index is 1210. The molecule has 1 amide bonds. The largest absolute Gasteiger partial charge is 0.481 e. The molecule has 3 rings (SSSR count). The van der Waals surface area contributed by atoms with Crippen molar-refractivity contribution in [3.63, 3.8) is 0 Å². The highest BCUT2D eigenvalue weighted by Gasteiger charge is 2.32. The summed E-state index contributed by atoms with van der Waals surface area (Å²) in [7, 11) is 0. The molecule has 0 radical (unpaired) electrons. The van der Waals surface area contributed by atoms with Crippen LogP contribution in [0.15, 0.2) is 34.1 Å². The summed E-state index contributed by atoms with van der Waals surface area (Å²) in [6.07, 6.45) is 11.5. The van der Waals surface area contributed by atoms with Crippen molar-refractivity contribution in [1.29, 1.82) is 0 Å². The number of hydrogen-bond donors (Lipinski definition) is 2. The van der Waals surface area contributed by atoms with E-state index in [2.05, 4.69) is 24.1 Å². The first-order valence-electron chi connectivity index (χ1n) is 13.0. The van der Waals surface area contributed by atoms with E-state index in [4.69, 9.17) is 17.3 Å². The number of aliphatic carboxylic acids is 1. The molecule has 1 fully saturated rings. The molecule has 0 bridgehead atoms. The molecule has 37 heavy (non-hydrogen) atoms. The minimum absolute atomic E-state index is 0.166. The molecule has 200 valence electrons. The van der Waals surface area contributed by atoms with Gasteiger partial charge in [0.1, 0.15) is 15.8 Å². The van der Waals surface area contributed by atoms with Crippen LogP contribution >= 0.6 is 24.0 Å². The lowest BCUT2D eigenvalue weighted by atomic mass is 10.1. The molecule has 0 spiro atoms. The Hall–Kier alpha value is -2.72. The molecule has 1 saturated heterocycles. The quantitative estimate of drug-likeness (QED) is 0.171. The average molecular weight is 545 g/mol. The first-order valence-corrected chi connectivity index (χ1v) is 14.2. The number of pyridine rings is 1. The van der Waals surface area contributed by atoms with Crippen LogP contribution in [0.1, 0.15) is 77.2 Å². The topological polar surface area (TPSA) is 104 Å². The van der Waals surface area contributed by atoms with Crippen LogP contribution in [0.25, 0.3) is 11.7 Å². The fraction of sp³-hybridized carbons (Fsp3) is 0.519. The number of thiocarbonyl (C=S) groups is 1. The molecule has 8 nitrogen and oxygen atoms in total. The first-order chi connectivity index (χ1) is 17.8. The Morgan fingerprint density at radius 2 is 1.78 bits per heavy atom. The summed E-state index contributed by atoms with van der Waals surface area (Å²) in [5, 5.41) is 11.9. The Morgan fingerprint density at radius 1 is 1.11 bits per heavy atom. The summed E-state index contributed by atoms with van der Waals surface area (Å²) in [4.78, 5) is 43.7. The van der Waals surface area contributed by atoms with Gasteiger partial charge in [-0.05, 0) is 37.0 Å². The molecule has 0 atom stereocenters. The van der Waals surface area contributed by atoms with E-state index < -0.39 is 5.97 Å². The summed E-state index contributed by atoms with van der Waals surface area (Å²) in [6, 6.07) is 5.39. The first kappa shape index (κ1) is 28.8. The molecule has 2 aromatic heterocycles. The summed E-state index contributed by atoms with van der Waals surface area (Å²) in [6.45, 7) is 5.37. The van der Waals surface area contributed by atoms with E-state index in [0.717, 1.165) is 51.4 Å². The van der Waals surface area contributed by atoms with Crippen molar-refractivity contribution in [2.75, 3.05) is 18.4 Å². The number of nitrogens with one attached hydrogen (secondary N) is 1. The van der Waals surface area contributed by atoms with E-state index in [1.165, 1.54) is 16.2 Å². The van der Waals surface area contributed by atoms with E-state index in [0.29, 0.717) is 45.3 Å². The van der Waals surface area contributed by atoms with Crippen LogP contribution in [-0.2, 0) is 9.59 Å². The molecular weight excluding hydrogens is 508 g/mol. The van der Waals surface area contributed by atoms with Crippen molar-refractivity contribution < 1.29 is 14.7 Å². The number of rotatable bonds is 15. The number of thioether (sulfide) groups is 1.